The third-order valence-electron chi connectivity index (χ3n) is 4.68. The van der Waals surface area contributed by atoms with Crippen LogP contribution >= 0.6 is 0 Å². The van der Waals surface area contributed by atoms with E-state index in [1.807, 2.05) is 24.3 Å². The SMILES string of the molecule is COCCOc1cc2c(-c3ccc(OCC4CC4)nc3)cnnc2cc1OC. The zero-order valence-electron chi connectivity index (χ0n) is 16.1. The number of benzene rings is 1. The first-order valence-electron chi connectivity index (χ1n) is 9.33. The number of hydrogen-bond acceptors (Lipinski definition) is 7. The summed E-state index contributed by atoms with van der Waals surface area (Å²) in [6.45, 7) is 1.67. The van der Waals surface area contributed by atoms with Gasteiger partial charge in [-0.25, -0.2) is 4.98 Å². The van der Waals surface area contributed by atoms with Crippen LogP contribution in [0.5, 0.6) is 17.4 Å². The molecule has 0 spiro atoms. The van der Waals surface area contributed by atoms with Gasteiger partial charge in [-0.05, 0) is 30.9 Å². The summed E-state index contributed by atoms with van der Waals surface area (Å²) in [7, 11) is 3.24. The van der Waals surface area contributed by atoms with Crippen LogP contribution in [0.2, 0.25) is 0 Å². The molecule has 7 heteroatoms. The molecule has 1 aliphatic rings. The van der Waals surface area contributed by atoms with Gasteiger partial charge in [-0.3, -0.25) is 0 Å². The van der Waals surface area contributed by atoms with E-state index in [2.05, 4.69) is 15.2 Å². The predicted octanol–water partition coefficient (Wildman–Crippen LogP) is 3.51. The maximum absolute atomic E-state index is 5.81. The van der Waals surface area contributed by atoms with Gasteiger partial charge in [0.05, 0.1) is 32.0 Å². The van der Waals surface area contributed by atoms with E-state index >= 15 is 0 Å². The highest BCUT2D eigenvalue weighted by Crippen LogP contribution is 2.36. The van der Waals surface area contributed by atoms with Crippen molar-refractivity contribution in [3.63, 3.8) is 0 Å². The lowest BCUT2D eigenvalue weighted by Crippen LogP contribution is -2.05. The van der Waals surface area contributed by atoms with Crippen molar-refractivity contribution in [1.29, 1.82) is 0 Å². The summed E-state index contributed by atoms with van der Waals surface area (Å²) >= 11 is 0. The zero-order valence-corrected chi connectivity index (χ0v) is 16.1. The highest BCUT2D eigenvalue weighted by Gasteiger charge is 2.22. The molecule has 0 amide bonds. The molecular weight excluding hydrogens is 358 g/mol. The smallest absolute Gasteiger partial charge is 0.213 e. The molecule has 0 saturated heterocycles. The Hall–Kier alpha value is -2.93. The second-order valence-corrected chi connectivity index (χ2v) is 6.76. The molecule has 28 heavy (non-hydrogen) atoms. The van der Waals surface area contributed by atoms with Gasteiger partial charge in [0.15, 0.2) is 11.5 Å². The number of aromatic nitrogens is 3. The molecule has 0 radical (unpaired) electrons. The number of pyridine rings is 1. The number of nitrogens with zero attached hydrogens (tertiary/aromatic N) is 3. The molecule has 2 heterocycles. The topological polar surface area (TPSA) is 75.6 Å². The van der Waals surface area contributed by atoms with E-state index in [9.17, 15) is 0 Å². The van der Waals surface area contributed by atoms with E-state index in [0.717, 1.165) is 28.6 Å². The van der Waals surface area contributed by atoms with E-state index in [1.165, 1.54) is 12.8 Å². The number of hydrogen-bond donors (Lipinski definition) is 0. The normalized spacial score (nSPS) is 13.5. The van der Waals surface area contributed by atoms with Gasteiger partial charge in [0, 0.05) is 42.0 Å². The molecule has 0 unspecified atom stereocenters. The summed E-state index contributed by atoms with van der Waals surface area (Å²) in [4.78, 5) is 4.44. The third-order valence-corrected chi connectivity index (χ3v) is 4.68. The molecule has 1 saturated carbocycles. The van der Waals surface area contributed by atoms with Gasteiger partial charge < -0.3 is 18.9 Å². The lowest BCUT2D eigenvalue weighted by Gasteiger charge is -2.13. The molecule has 2 aromatic heterocycles. The molecule has 3 aromatic rings. The lowest BCUT2D eigenvalue weighted by atomic mass is 10.0. The number of methoxy groups -OCH3 is 2. The predicted molar refractivity (Wildman–Crippen MR) is 105 cm³/mol. The van der Waals surface area contributed by atoms with Crippen LogP contribution in [0.25, 0.3) is 22.0 Å². The minimum Gasteiger partial charge on any atom is -0.493 e. The van der Waals surface area contributed by atoms with Crippen LogP contribution < -0.4 is 14.2 Å². The summed E-state index contributed by atoms with van der Waals surface area (Å²) in [6.07, 6.45) is 6.04. The Balaban J connectivity index is 1.64. The molecule has 0 aliphatic heterocycles. The molecule has 0 atom stereocenters. The van der Waals surface area contributed by atoms with Crippen LogP contribution in [0.4, 0.5) is 0 Å². The van der Waals surface area contributed by atoms with Crippen molar-refractivity contribution in [2.45, 2.75) is 12.8 Å². The molecular formula is C21H23N3O4. The van der Waals surface area contributed by atoms with Crippen molar-refractivity contribution in [2.24, 2.45) is 5.92 Å². The fourth-order valence-corrected chi connectivity index (χ4v) is 2.92. The Labute approximate surface area is 163 Å². The molecule has 0 N–H and O–H groups in total. The Kier molecular flexibility index (Phi) is 5.53. The van der Waals surface area contributed by atoms with Crippen LogP contribution in [0, 0.1) is 5.92 Å². The molecule has 1 aromatic carbocycles. The van der Waals surface area contributed by atoms with E-state index in [1.54, 1.807) is 26.6 Å². The number of fused-ring (bicyclic) bond motifs is 1. The van der Waals surface area contributed by atoms with E-state index in [0.29, 0.717) is 36.5 Å². The molecule has 4 rings (SSSR count). The van der Waals surface area contributed by atoms with Crippen molar-refractivity contribution in [2.75, 3.05) is 34.0 Å². The van der Waals surface area contributed by atoms with E-state index in [-0.39, 0.29) is 0 Å². The Morgan fingerprint density at radius 3 is 2.61 bits per heavy atom. The quantitative estimate of drug-likeness (QED) is 0.525. The van der Waals surface area contributed by atoms with Crippen molar-refractivity contribution >= 4 is 10.9 Å². The van der Waals surface area contributed by atoms with Crippen molar-refractivity contribution < 1.29 is 18.9 Å². The average Bonchev–Trinajstić information content (AvgIpc) is 3.56. The summed E-state index contributed by atoms with van der Waals surface area (Å²) in [5.74, 6) is 2.59. The van der Waals surface area contributed by atoms with Crippen LogP contribution in [0.3, 0.4) is 0 Å². The highest BCUT2D eigenvalue weighted by atomic mass is 16.5. The van der Waals surface area contributed by atoms with Gasteiger partial charge >= 0.3 is 0 Å². The monoisotopic (exact) mass is 381 g/mol. The van der Waals surface area contributed by atoms with Gasteiger partial charge in [0.2, 0.25) is 5.88 Å². The summed E-state index contributed by atoms with van der Waals surface area (Å²) in [5.41, 5.74) is 2.58. The minimum absolute atomic E-state index is 0.431. The average molecular weight is 381 g/mol. The van der Waals surface area contributed by atoms with Gasteiger partial charge in [0.1, 0.15) is 6.61 Å². The van der Waals surface area contributed by atoms with Gasteiger partial charge in [-0.1, -0.05) is 0 Å². The summed E-state index contributed by atoms with van der Waals surface area (Å²) < 4.78 is 22.0. The fourth-order valence-electron chi connectivity index (χ4n) is 2.92. The van der Waals surface area contributed by atoms with Crippen LogP contribution in [0.1, 0.15) is 12.8 Å². The molecule has 7 nitrogen and oxygen atoms in total. The lowest BCUT2D eigenvalue weighted by molar-refractivity contribution is 0.144. The van der Waals surface area contributed by atoms with Crippen molar-refractivity contribution in [1.82, 2.24) is 15.2 Å². The van der Waals surface area contributed by atoms with Gasteiger partial charge in [-0.15, -0.1) is 0 Å². The summed E-state index contributed by atoms with van der Waals surface area (Å²) in [6, 6.07) is 7.63. The molecule has 1 aliphatic carbocycles. The second-order valence-electron chi connectivity index (χ2n) is 6.76. The molecule has 1 fully saturated rings. The second kappa shape index (κ2) is 8.39. The van der Waals surface area contributed by atoms with Crippen molar-refractivity contribution in [3.05, 3.63) is 36.7 Å². The van der Waals surface area contributed by atoms with Gasteiger partial charge in [0.25, 0.3) is 0 Å². The largest absolute Gasteiger partial charge is 0.493 e. The first-order valence-corrected chi connectivity index (χ1v) is 9.33. The fraction of sp³-hybridized carbons (Fsp3) is 0.381. The summed E-state index contributed by atoms with van der Waals surface area (Å²) in [5, 5.41) is 9.28. The van der Waals surface area contributed by atoms with Crippen LogP contribution in [-0.2, 0) is 4.74 Å². The Morgan fingerprint density at radius 2 is 1.89 bits per heavy atom. The Bertz CT molecular complexity index is 942. The van der Waals surface area contributed by atoms with E-state index < -0.39 is 0 Å². The minimum atomic E-state index is 0.431. The first-order chi connectivity index (χ1) is 13.8. The van der Waals surface area contributed by atoms with E-state index in [4.69, 9.17) is 18.9 Å². The maximum atomic E-state index is 5.81. The number of ether oxygens (including phenoxy) is 4. The third kappa shape index (κ3) is 4.14. The Morgan fingerprint density at radius 1 is 1.00 bits per heavy atom. The number of rotatable bonds is 9. The highest BCUT2D eigenvalue weighted by molar-refractivity contribution is 5.95. The van der Waals surface area contributed by atoms with Crippen LogP contribution in [0.15, 0.2) is 36.7 Å². The molecule has 0 bridgehead atoms. The van der Waals surface area contributed by atoms with Gasteiger partial charge in [-0.2, -0.15) is 10.2 Å². The van der Waals surface area contributed by atoms with Crippen LogP contribution in [-0.4, -0.2) is 49.2 Å². The standard InChI is InChI=1S/C21H23N3O4/c1-25-7-8-27-20-9-16-17(12-23-24-18(16)10-19(20)26-2)15-5-6-21(22-11-15)28-13-14-3-4-14/h5-6,9-12,14H,3-4,7-8,13H2,1-2H3. The maximum Gasteiger partial charge on any atom is 0.213 e. The first kappa shape index (κ1) is 18.4. The van der Waals surface area contributed by atoms with Crippen molar-refractivity contribution in [3.8, 4) is 28.5 Å². The zero-order chi connectivity index (χ0) is 19.3. The molecule has 146 valence electrons.